The van der Waals surface area contributed by atoms with Gasteiger partial charge >= 0.3 is 0 Å². The van der Waals surface area contributed by atoms with Gasteiger partial charge in [-0.05, 0) is 84.6 Å². The number of halogens is 2. The number of rotatable bonds is 12. The summed E-state index contributed by atoms with van der Waals surface area (Å²) in [6.07, 6.45) is 4.60. The lowest BCUT2D eigenvalue weighted by Crippen LogP contribution is -2.40. The summed E-state index contributed by atoms with van der Waals surface area (Å²) in [6, 6.07) is 20.4. The van der Waals surface area contributed by atoms with Crippen LogP contribution < -0.4 is 10.9 Å². The second-order valence-electron chi connectivity index (χ2n) is 14.4. The van der Waals surface area contributed by atoms with Crippen LogP contribution in [0.1, 0.15) is 41.9 Å². The zero-order chi connectivity index (χ0) is 40.8. The summed E-state index contributed by atoms with van der Waals surface area (Å²) in [5, 5.41) is 7.57. The highest BCUT2D eigenvalue weighted by atomic mass is 32.2. The first kappa shape index (κ1) is 39.2. The molecule has 2 aromatic heterocycles. The van der Waals surface area contributed by atoms with Crippen LogP contribution in [0.25, 0.3) is 27.7 Å². The molecular weight excluding hydrogens is 791 g/mol. The van der Waals surface area contributed by atoms with Gasteiger partial charge in [-0.25, -0.2) is 30.6 Å². The molecule has 8 rings (SSSR count). The van der Waals surface area contributed by atoms with Crippen molar-refractivity contribution >= 4 is 36.7 Å². The van der Waals surface area contributed by atoms with Crippen LogP contribution in [0.15, 0.2) is 112 Å². The van der Waals surface area contributed by atoms with Gasteiger partial charge in [-0.1, -0.05) is 24.3 Å². The van der Waals surface area contributed by atoms with E-state index in [4.69, 9.17) is 9.72 Å². The topological polar surface area (TPSA) is 163 Å². The lowest BCUT2D eigenvalue weighted by Gasteiger charge is -2.26. The fourth-order valence-corrected chi connectivity index (χ4v) is 9.53. The molecule has 0 spiro atoms. The molecule has 1 saturated heterocycles. The molecule has 300 valence electrons. The molecule has 1 atom stereocenters. The Morgan fingerprint density at radius 3 is 2.31 bits per heavy atom. The molecule has 1 unspecified atom stereocenters. The maximum atomic E-state index is 14.7. The average molecular weight is 829 g/mol. The first-order valence-corrected chi connectivity index (χ1v) is 21.9. The highest BCUT2D eigenvalue weighted by molar-refractivity contribution is 7.90. The van der Waals surface area contributed by atoms with Gasteiger partial charge in [0, 0.05) is 49.5 Å². The summed E-state index contributed by atoms with van der Waals surface area (Å²) in [6.45, 7) is 0.664. The Bertz CT molecular complexity index is 2820. The Kier molecular flexibility index (Phi) is 10.6. The zero-order valence-electron chi connectivity index (χ0n) is 31.2. The predicted octanol–water partition coefficient (Wildman–Crippen LogP) is 4.93. The van der Waals surface area contributed by atoms with Crippen LogP contribution in [0.4, 0.5) is 8.78 Å². The van der Waals surface area contributed by atoms with Crippen LogP contribution in [-0.4, -0.2) is 78.9 Å². The molecule has 0 bridgehead atoms. The maximum Gasteiger partial charge on any atom is 0.266 e. The van der Waals surface area contributed by atoms with E-state index < -0.39 is 49.0 Å². The minimum atomic E-state index is -3.90. The van der Waals surface area contributed by atoms with Crippen molar-refractivity contribution in [1.29, 1.82) is 0 Å². The second kappa shape index (κ2) is 15.6. The van der Waals surface area contributed by atoms with E-state index in [-0.39, 0.29) is 77.0 Å². The quantitative estimate of drug-likeness (QED) is 0.180. The van der Waals surface area contributed by atoms with Crippen molar-refractivity contribution in [3.8, 4) is 16.8 Å². The number of morpholine rings is 1. The number of carbonyl (C=O) groups excluding carboxylic acids is 1. The fourth-order valence-electron chi connectivity index (χ4n) is 7.21. The number of nitrogens with one attached hydrogen (secondary N) is 1. The minimum absolute atomic E-state index is 0.0134. The summed E-state index contributed by atoms with van der Waals surface area (Å²) in [5.41, 5.74) is 1.60. The van der Waals surface area contributed by atoms with Crippen molar-refractivity contribution in [1.82, 2.24) is 29.0 Å². The lowest BCUT2D eigenvalue weighted by atomic mass is 10.0. The van der Waals surface area contributed by atoms with E-state index in [2.05, 4.69) is 10.4 Å². The van der Waals surface area contributed by atoms with E-state index in [1.165, 1.54) is 50.0 Å². The number of fused-ring (bicyclic) bond motifs is 1. The first-order valence-electron chi connectivity index (χ1n) is 18.6. The molecule has 2 aliphatic rings. The molecule has 1 aliphatic heterocycles. The molecule has 1 saturated carbocycles. The Labute approximate surface area is 332 Å². The predicted molar refractivity (Wildman–Crippen MR) is 211 cm³/mol. The lowest BCUT2D eigenvalue weighted by molar-refractivity contribution is -0.122. The molecular formula is C41H38F2N6O7S2. The van der Waals surface area contributed by atoms with E-state index in [0.717, 1.165) is 43.0 Å². The molecule has 0 radical (unpaired) electrons. The minimum Gasteiger partial charge on any atom is -0.379 e. The van der Waals surface area contributed by atoms with E-state index in [9.17, 15) is 35.2 Å². The number of hydrogen-bond donors (Lipinski definition) is 1. The van der Waals surface area contributed by atoms with Crippen molar-refractivity contribution in [3.63, 3.8) is 0 Å². The Hall–Kier alpha value is -5.62. The van der Waals surface area contributed by atoms with Crippen LogP contribution in [0.5, 0.6) is 0 Å². The third-order valence-corrected chi connectivity index (χ3v) is 13.2. The van der Waals surface area contributed by atoms with E-state index in [1.54, 1.807) is 36.5 Å². The van der Waals surface area contributed by atoms with Gasteiger partial charge in [0.25, 0.3) is 5.56 Å². The van der Waals surface area contributed by atoms with Gasteiger partial charge < -0.3 is 10.1 Å². The van der Waals surface area contributed by atoms with Gasteiger partial charge in [-0.2, -0.15) is 9.40 Å². The van der Waals surface area contributed by atoms with E-state index >= 15 is 0 Å². The number of ether oxygens (including phenoxy) is 1. The Balaban J connectivity index is 1.28. The van der Waals surface area contributed by atoms with Crippen LogP contribution in [0.3, 0.4) is 0 Å². The number of nitrogens with zero attached hydrogens (tertiary/aromatic N) is 5. The number of sulfonamides is 1. The van der Waals surface area contributed by atoms with Gasteiger partial charge in [-0.3, -0.25) is 18.8 Å². The van der Waals surface area contributed by atoms with Crippen molar-refractivity contribution in [2.45, 2.75) is 47.6 Å². The summed E-state index contributed by atoms with van der Waals surface area (Å²) >= 11 is 0. The number of carbonyl (C=O) groups is 1. The molecule has 1 aliphatic carbocycles. The molecule has 2 fully saturated rings. The maximum absolute atomic E-state index is 14.7. The third kappa shape index (κ3) is 8.20. The molecule has 1 N–H and O–H groups in total. The van der Waals surface area contributed by atoms with Crippen LogP contribution in [-0.2, 0) is 42.4 Å². The Morgan fingerprint density at radius 1 is 0.914 bits per heavy atom. The van der Waals surface area contributed by atoms with Gasteiger partial charge in [0.2, 0.25) is 15.9 Å². The second-order valence-corrected chi connectivity index (χ2v) is 18.4. The van der Waals surface area contributed by atoms with E-state index in [1.807, 2.05) is 6.07 Å². The molecule has 13 nitrogen and oxygen atoms in total. The molecule has 4 aromatic carbocycles. The summed E-state index contributed by atoms with van der Waals surface area (Å²) in [4.78, 5) is 33.5. The zero-order valence-corrected chi connectivity index (χ0v) is 32.8. The SMILES string of the molecule is CS(=O)(=O)c1ccccc1-c1ccc2c(=O)n(-c3ccc(S(=O)(=O)N4CCOCC4)cc3)c(C(Cc3cc(F)cc(F)c3)NC(=O)Cn3ccc(C4CC4)n3)nc2c1. The fraction of sp³-hybridized carbons (Fsp3) is 0.268. The van der Waals surface area contributed by atoms with Gasteiger partial charge in [0.15, 0.2) is 9.84 Å². The highest BCUT2D eigenvalue weighted by Gasteiger charge is 2.29. The summed E-state index contributed by atoms with van der Waals surface area (Å²) in [7, 11) is -7.56. The van der Waals surface area contributed by atoms with Gasteiger partial charge in [-0.15, -0.1) is 0 Å². The number of hydrogen-bond acceptors (Lipinski definition) is 9. The third-order valence-electron chi connectivity index (χ3n) is 10.2. The number of sulfone groups is 1. The summed E-state index contributed by atoms with van der Waals surface area (Å²) in [5.74, 6) is -1.91. The van der Waals surface area contributed by atoms with Gasteiger partial charge in [0.05, 0.1) is 51.3 Å². The van der Waals surface area contributed by atoms with Crippen molar-refractivity contribution < 1.29 is 35.1 Å². The molecule has 6 aromatic rings. The number of benzene rings is 4. The highest BCUT2D eigenvalue weighted by Crippen LogP contribution is 2.39. The monoisotopic (exact) mass is 828 g/mol. The van der Waals surface area contributed by atoms with Crippen molar-refractivity contribution in [2.75, 3.05) is 32.6 Å². The first-order chi connectivity index (χ1) is 27.7. The van der Waals surface area contributed by atoms with Crippen molar-refractivity contribution in [2.24, 2.45) is 0 Å². The Morgan fingerprint density at radius 2 is 1.62 bits per heavy atom. The normalized spacial score (nSPS) is 15.7. The van der Waals surface area contributed by atoms with Crippen LogP contribution >= 0.6 is 0 Å². The van der Waals surface area contributed by atoms with Crippen molar-refractivity contribution in [3.05, 3.63) is 136 Å². The van der Waals surface area contributed by atoms with Crippen LogP contribution in [0.2, 0.25) is 0 Å². The summed E-state index contributed by atoms with van der Waals surface area (Å²) < 4.78 is 91.0. The number of aromatic nitrogens is 4. The standard InChI is InChI=1S/C41H38F2N6O7S2/c1-57(52,53)38-5-3-2-4-33(38)28-8-13-34-36(23-28)45-40(49(41(34)51)31-9-11-32(12-10-31)58(54,55)48-16-18-56-19-17-48)37(22-26-20-29(42)24-30(43)21-26)44-39(50)25-47-15-14-35(46-47)27-6-7-27/h2-5,8-15,20-21,23-24,27,37H,6-7,16-19,22,25H2,1H3,(H,44,50). The number of amides is 1. The van der Waals surface area contributed by atoms with Crippen LogP contribution in [0, 0.1) is 11.6 Å². The molecule has 3 heterocycles. The average Bonchev–Trinajstić information content (AvgIpc) is 3.95. The largest absolute Gasteiger partial charge is 0.379 e. The molecule has 58 heavy (non-hydrogen) atoms. The molecule has 1 amide bonds. The van der Waals surface area contributed by atoms with Gasteiger partial charge in [0.1, 0.15) is 24.0 Å². The smallest absolute Gasteiger partial charge is 0.266 e. The molecule has 17 heteroatoms. The van der Waals surface area contributed by atoms with E-state index in [0.29, 0.717) is 17.0 Å².